The predicted molar refractivity (Wildman–Crippen MR) is 112 cm³/mol. The maximum absolute atomic E-state index is 12.6. The number of carbonyl (C=O) groups excluding carboxylic acids is 1. The van der Waals surface area contributed by atoms with Crippen LogP contribution in [0.5, 0.6) is 0 Å². The van der Waals surface area contributed by atoms with Gasteiger partial charge >= 0.3 is 0 Å². The molecule has 2 aromatic rings. The van der Waals surface area contributed by atoms with Gasteiger partial charge in [0.05, 0.1) is 15.8 Å². The van der Waals surface area contributed by atoms with Crippen LogP contribution in [-0.4, -0.2) is 47.7 Å². The van der Waals surface area contributed by atoms with E-state index in [2.05, 4.69) is 28.1 Å². The van der Waals surface area contributed by atoms with E-state index in [1.807, 2.05) is 4.90 Å². The molecule has 1 aromatic carbocycles. The standard InChI is InChI=1S/C20H21Cl2N3OS/c21-16-11-18(22)20(23-12-16)25-8-6-24(7-9-25)19(26)13-27-17-5-4-14-2-1-3-15(14)10-17/h4-5,10-12H,1-3,6-9,13H2. The molecule has 7 heteroatoms. The molecule has 0 radical (unpaired) electrons. The Morgan fingerprint density at radius 1 is 1.07 bits per heavy atom. The molecule has 0 unspecified atom stereocenters. The Kier molecular flexibility index (Phi) is 5.81. The number of aryl methyl sites for hydroxylation is 2. The predicted octanol–water partition coefficient (Wildman–Crippen LogP) is 4.32. The molecular weight excluding hydrogens is 401 g/mol. The van der Waals surface area contributed by atoms with Crippen LogP contribution in [0.2, 0.25) is 10.0 Å². The molecule has 142 valence electrons. The second-order valence-corrected chi connectivity index (χ2v) is 8.79. The molecule has 0 saturated carbocycles. The molecule has 1 saturated heterocycles. The number of hydrogen-bond acceptors (Lipinski definition) is 4. The van der Waals surface area contributed by atoms with Crippen LogP contribution in [0, 0.1) is 0 Å². The van der Waals surface area contributed by atoms with E-state index in [9.17, 15) is 4.79 Å². The van der Waals surface area contributed by atoms with Crippen LogP contribution in [0.4, 0.5) is 5.82 Å². The molecule has 1 amide bonds. The van der Waals surface area contributed by atoms with Gasteiger partial charge in [-0.2, -0.15) is 0 Å². The van der Waals surface area contributed by atoms with Gasteiger partial charge in [0, 0.05) is 37.3 Å². The van der Waals surface area contributed by atoms with Gasteiger partial charge in [0.15, 0.2) is 0 Å². The maximum Gasteiger partial charge on any atom is 0.233 e. The fourth-order valence-electron chi connectivity index (χ4n) is 3.68. The summed E-state index contributed by atoms with van der Waals surface area (Å²) in [6.07, 6.45) is 5.21. The number of aromatic nitrogens is 1. The quantitative estimate of drug-likeness (QED) is 0.688. The second-order valence-electron chi connectivity index (χ2n) is 6.90. The number of nitrogens with zero attached hydrogens (tertiary/aromatic N) is 3. The molecule has 2 aliphatic rings. The van der Waals surface area contributed by atoms with Crippen molar-refractivity contribution in [3.8, 4) is 0 Å². The van der Waals surface area contributed by atoms with Crippen LogP contribution in [0.15, 0.2) is 35.4 Å². The van der Waals surface area contributed by atoms with Gasteiger partial charge in [-0.25, -0.2) is 4.98 Å². The molecule has 0 spiro atoms. The first kappa shape index (κ1) is 18.9. The highest BCUT2D eigenvalue weighted by Crippen LogP contribution is 2.29. The number of rotatable bonds is 4. The first-order valence-corrected chi connectivity index (χ1v) is 10.9. The topological polar surface area (TPSA) is 36.4 Å². The van der Waals surface area contributed by atoms with Crippen molar-refractivity contribution in [3.63, 3.8) is 0 Å². The average Bonchev–Trinajstić information content (AvgIpc) is 3.14. The van der Waals surface area contributed by atoms with Gasteiger partial charge in [0.2, 0.25) is 5.91 Å². The Morgan fingerprint density at radius 2 is 1.85 bits per heavy atom. The number of amides is 1. The third-order valence-corrected chi connectivity index (χ3v) is 6.62. The Morgan fingerprint density at radius 3 is 2.63 bits per heavy atom. The van der Waals surface area contributed by atoms with Crippen LogP contribution >= 0.6 is 35.0 Å². The van der Waals surface area contributed by atoms with Gasteiger partial charge in [-0.1, -0.05) is 29.3 Å². The first-order chi connectivity index (χ1) is 13.1. The molecule has 4 nitrogen and oxygen atoms in total. The molecular formula is C20H21Cl2N3OS. The van der Waals surface area contributed by atoms with E-state index in [4.69, 9.17) is 23.2 Å². The van der Waals surface area contributed by atoms with Gasteiger partial charge in [-0.05, 0) is 48.6 Å². The summed E-state index contributed by atoms with van der Waals surface area (Å²) >= 11 is 13.8. The largest absolute Gasteiger partial charge is 0.352 e. The highest BCUT2D eigenvalue weighted by atomic mass is 35.5. The zero-order valence-electron chi connectivity index (χ0n) is 15.0. The van der Waals surface area contributed by atoms with Crippen molar-refractivity contribution in [2.75, 3.05) is 36.8 Å². The highest BCUT2D eigenvalue weighted by Gasteiger charge is 2.23. The van der Waals surface area contributed by atoms with Crippen LogP contribution < -0.4 is 4.90 Å². The highest BCUT2D eigenvalue weighted by molar-refractivity contribution is 8.00. The Labute approximate surface area is 173 Å². The number of piperazine rings is 1. The van der Waals surface area contributed by atoms with Gasteiger partial charge in [-0.3, -0.25) is 4.79 Å². The van der Waals surface area contributed by atoms with Crippen LogP contribution in [-0.2, 0) is 17.6 Å². The number of benzene rings is 1. The Bertz CT molecular complexity index is 853. The van der Waals surface area contributed by atoms with Crippen LogP contribution in [0.1, 0.15) is 17.5 Å². The molecule has 0 bridgehead atoms. The molecule has 27 heavy (non-hydrogen) atoms. The number of fused-ring (bicyclic) bond motifs is 1. The average molecular weight is 422 g/mol. The van der Waals surface area contributed by atoms with Crippen molar-refractivity contribution in [1.29, 1.82) is 0 Å². The smallest absolute Gasteiger partial charge is 0.233 e. The van der Waals surface area contributed by atoms with Crippen LogP contribution in [0.3, 0.4) is 0 Å². The molecule has 4 rings (SSSR count). The summed E-state index contributed by atoms with van der Waals surface area (Å²) < 4.78 is 0. The lowest BCUT2D eigenvalue weighted by Crippen LogP contribution is -2.49. The zero-order chi connectivity index (χ0) is 18.8. The lowest BCUT2D eigenvalue weighted by Gasteiger charge is -2.35. The number of carbonyl (C=O) groups is 1. The number of hydrogen-bond donors (Lipinski definition) is 0. The van der Waals surface area contributed by atoms with Gasteiger partial charge < -0.3 is 9.80 Å². The van der Waals surface area contributed by atoms with Crippen molar-refractivity contribution in [2.24, 2.45) is 0 Å². The van der Waals surface area contributed by atoms with Crippen molar-refractivity contribution in [2.45, 2.75) is 24.2 Å². The summed E-state index contributed by atoms with van der Waals surface area (Å²) in [5.41, 5.74) is 2.92. The molecule has 0 N–H and O–H groups in total. The van der Waals surface area contributed by atoms with E-state index in [0.717, 1.165) is 18.9 Å². The lowest BCUT2D eigenvalue weighted by atomic mass is 10.1. The zero-order valence-corrected chi connectivity index (χ0v) is 17.3. The summed E-state index contributed by atoms with van der Waals surface area (Å²) in [6, 6.07) is 8.33. The monoisotopic (exact) mass is 421 g/mol. The minimum Gasteiger partial charge on any atom is -0.352 e. The number of thioether (sulfide) groups is 1. The fraction of sp³-hybridized carbons (Fsp3) is 0.400. The summed E-state index contributed by atoms with van der Waals surface area (Å²) in [7, 11) is 0. The van der Waals surface area contributed by atoms with E-state index >= 15 is 0 Å². The summed E-state index contributed by atoms with van der Waals surface area (Å²) in [5, 5.41) is 1.08. The molecule has 1 aromatic heterocycles. The van der Waals surface area contributed by atoms with Crippen molar-refractivity contribution < 1.29 is 4.79 Å². The number of anilines is 1. The molecule has 1 fully saturated rings. The van der Waals surface area contributed by atoms with Crippen molar-refractivity contribution in [1.82, 2.24) is 9.88 Å². The van der Waals surface area contributed by atoms with E-state index in [1.165, 1.54) is 35.3 Å². The third kappa shape index (κ3) is 4.36. The molecule has 1 aliphatic carbocycles. The number of pyridine rings is 1. The third-order valence-electron chi connectivity index (χ3n) is 5.15. The first-order valence-electron chi connectivity index (χ1n) is 9.18. The van der Waals surface area contributed by atoms with E-state index in [1.54, 1.807) is 24.0 Å². The molecule has 2 heterocycles. The van der Waals surface area contributed by atoms with Gasteiger partial charge in [0.25, 0.3) is 0 Å². The van der Waals surface area contributed by atoms with Gasteiger partial charge in [0.1, 0.15) is 5.82 Å². The molecule has 1 aliphatic heterocycles. The second kappa shape index (κ2) is 8.29. The SMILES string of the molecule is O=C(CSc1ccc2c(c1)CCC2)N1CCN(c2ncc(Cl)cc2Cl)CC1. The lowest BCUT2D eigenvalue weighted by molar-refractivity contribution is -0.128. The van der Waals surface area contributed by atoms with Gasteiger partial charge in [-0.15, -0.1) is 11.8 Å². The Hall–Kier alpha value is -1.43. The number of halogens is 2. The minimum absolute atomic E-state index is 0.190. The fourth-order valence-corrected chi connectivity index (χ4v) is 5.04. The van der Waals surface area contributed by atoms with E-state index in [0.29, 0.717) is 28.9 Å². The normalized spacial score (nSPS) is 16.5. The van der Waals surface area contributed by atoms with E-state index in [-0.39, 0.29) is 5.91 Å². The van der Waals surface area contributed by atoms with Crippen molar-refractivity contribution in [3.05, 3.63) is 51.6 Å². The van der Waals surface area contributed by atoms with Crippen molar-refractivity contribution >= 4 is 46.7 Å². The van der Waals surface area contributed by atoms with Crippen LogP contribution in [0.25, 0.3) is 0 Å². The maximum atomic E-state index is 12.6. The summed E-state index contributed by atoms with van der Waals surface area (Å²) in [4.78, 5) is 22.2. The Balaban J connectivity index is 1.29. The van der Waals surface area contributed by atoms with E-state index < -0.39 is 0 Å². The minimum atomic E-state index is 0.190. The molecule has 0 atom stereocenters. The summed E-state index contributed by atoms with van der Waals surface area (Å²) in [5.74, 6) is 1.41. The summed E-state index contributed by atoms with van der Waals surface area (Å²) in [6.45, 7) is 2.82.